The molecule has 0 aliphatic carbocycles. The van der Waals surface area contributed by atoms with Crippen molar-refractivity contribution in [2.75, 3.05) is 13.1 Å². The van der Waals surface area contributed by atoms with Gasteiger partial charge < -0.3 is 10.0 Å². The molecule has 0 bridgehead atoms. The van der Waals surface area contributed by atoms with Crippen molar-refractivity contribution in [3.8, 4) is 0 Å². The second kappa shape index (κ2) is 5.35. The Morgan fingerprint density at radius 1 is 1.58 bits per heavy atom. The lowest BCUT2D eigenvalue weighted by Gasteiger charge is -2.17. The highest BCUT2D eigenvalue weighted by Crippen LogP contribution is 1.94. The molecule has 68 valence electrons. The molecule has 1 amide bonds. The van der Waals surface area contributed by atoms with E-state index in [1.165, 1.54) is 4.90 Å². The molecule has 0 atom stereocenters. The highest BCUT2D eigenvalue weighted by molar-refractivity contribution is 5.93. The van der Waals surface area contributed by atoms with Gasteiger partial charge in [-0.15, -0.1) is 6.58 Å². The third-order valence-electron chi connectivity index (χ3n) is 1.39. The van der Waals surface area contributed by atoms with Crippen LogP contribution in [0.2, 0.25) is 0 Å². The Kier molecular flexibility index (Phi) is 4.76. The van der Waals surface area contributed by atoms with E-state index in [2.05, 4.69) is 6.58 Å². The topological polar surface area (TPSA) is 57.6 Å². The Morgan fingerprint density at radius 2 is 2.17 bits per heavy atom. The van der Waals surface area contributed by atoms with Crippen molar-refractivity contribution in [1.29, 1.82) is 0 Å². The number of amides is 1. The maximum atomic E-state index is 11.1. The molecular weight excluding hydrogens is 158 g/mol. The normalized spacial score (nSPS) is 9.08. The number of nitrogens with zero attached hydrogens (tertiary/aromatic N) is 1. The van der Waals surface area contributed by atoms with Gasteiger partial charge in [-0.05, 0) is 6.92 Å². The Labute approximate surface area is 71.5 Å². The van der Waals surface area contributed by atoms with Crippen LogP contribution in [0.25, 0.3) is 0 Å². The first kappa shape index (κ1) is 10.7. The van der Waals surface area contributed by atoms with Gasteiger partial charge in [0.25, 0.3) is 0 Å². The first-order valence-electron chi connectivity index (χ1n) is 3.72. The van der Waals surface area contributed by atoms with Crippen molar-refractivity contribution >= 4 is 11.9 Å². The number of carbonyl (C=O) groups excluding carboxylic acids is 1. The zero-order valence-electron chi connectivity index (χ0n) is 7.12. The van der Waals surface area contributed by atoms with E-state index in [0.717, 1.165) is 0 Å². The van der Waals surface area contributed by atoms with Crippen LogP contribution in [0.3, 0.4) is 0 Å². The first-order chi connectivity index (χ1) is 5.61. The maximum absolute atomic E-state index is 11.1. The van der Waals surface area contributed by atoms with E-state index in [-0.39, 0.29) is 5.91 Å². The van der Waals surface area contributed by atoms with Crippen LogP contribution < -0.4 is 0 Å². The number of carboxylic acid groups (broad SMARTS) is 1. The van der Waals surface area contributed by atoms with E-state index in [1.54, 1.807) is 13.0 Å². The molecule has 1 N–H and O–H groups in total. The van der Waals surface area contributed by atoms with Crippen molar-refractivity contribution in [1.82, 2.24) is 4.90 Å². The molecule has 0 aliphatic heterocycles. The lowest BCUT2D eigenvalue weighted by Crippen LogP contribution is -2.32. The molecule has 0 unspecified atom stereocenters. The molecule has 0 aromatic rings. The molecule has 0 fully saturated rings. The van der Waals surface area contributed by atoms with Crippen LogP contribution in [-0.4, -0.2) is 35.0 Å². The number of carboxylic acids is 1. The number of aliphatic carboxylic acids is 1. The van der Waals surface area contributed by atoms with Crippen LogP contribution in [-0.2, 0) is 9.59 Å². The molecule has 0 rings (SSSR count). The van der Waals surface area contributed by atoms with Gasteiger partial charge in [-0.3, -0.25) is 9.59 Å². The van der Waals surface area contributed by atoms with Crippen molar-refractivity contribution in [2.24, 2.45) is 0 Å². The fourth-order valence-electron chi connectivity index (χ4n) is 0.804. The number of hydrogen-bond donors (Lipinski definition) is 1. The molecule has 0 radical (unpaired) electrons. The van der Waals surface area contributed by atoms with Crippen LogP contribution in [0.5, 0.6) is 0 Å². The van der Waals surface area contributed by atoms with Gasteiger partial charge in [0, 0.05) is 13.1 Å². The van der Waals surface area contributed by atoms with Crippen LogP contribution in [0, 0.1) is 0 Å². The summed E-state index contributed by atoms with van der Waals surface area (Å²) in [6.45, 7) is 6.18. The van der Waals surface area contributed by atoms with Crippen molar-refractivity contribution in [3.63, 3.8) is 0 Å². The first-order valence-corrected chi connectivity index (χ1v) is 3.72. The number of carbonyl (C=O) groups is 2. The van der Waals surface area contributed by atoms with Gasteiger partial charge in [0.2, 0.25) is 5.91 Å². The second-order valence-corrected chi connectivity index (χ2v) is 2.29. The third kappa shape index (κ3) is 3.75. The summed E-state index contributed by atoms with van der Waals surface area (Å²) in [6, 6.07) is 0. The highest BCUT2D eigenvalue weighted by Gasteiger charge is 2.13. The zero-order valence-corrected chi connectivity index (χ0v) is 7.12. The van der Waals surface area contributed by atoms with Gasteiger partial charge >= 0.3 is 5.97 Å². The molecule has 4 heteroatoms. The fraction of sp³-hybridized carbons (Fsp3) is 0.500. The largest absolute Gasteiger partial charge is 0.481 e. The monoisotopic (exact) mass is 171 g/mol. The molecule has 0 saturated heterocycles. The Hall–Kier alpha value is -1.32. The zero-order chi connectivity index (χ0) is 9.56. The Bertz CT molecular complexity index is 189. The lowest BCUT2D eigenvalue weighted by atomic mass is 10.3. The molecule has 0 aromatic carbocycles. The summed E-state index contributed by atoms with van der Waals surface area (Å²) in [6.07, 6.45) is 1.13. The van der Waals surface area contributed by atoms with Crippen molar-refractivity contribution in [2.45, 2.75) is 13.3 Å². The molecular formula is C8H13NO3. The van der Waals surface area contributed by atoms with Gasteiger partial charge in [-0.1, -0.05) is 6.08 Å². The van der Waals surface area contributed by atoms with Gasteiger partial charge in [-0.25, -0.2) is 0 Å². The summed E-state index contributed by atoms with van der Waals surface area (Å²) in [5, 5.41) is 8.32. The molecule has 12 heavy (non-hydrogen) atoms. The van der Waals surface area contributed by atoms with Crippen LogP contribution >= 0.6 is 0 Å². The summed E-state index contributed by atoms with van der Waals surface area (Å²) in [5.74, 6) is -1.47. The van der Waals surface area contributed by atoms with Crippen LogP contribution in [0.4, 0.5) is 0 Å². The fourth-order valence-corrected chi connectivity index (χ4v) is 0.804. The smallest absolute Gasteiger partial charge is 0.312 e. The summed E-state index contributed by atoms with van der Waals surface area (Å²) in [7, 11) is 0. The average molecular weight is 171 g/mol. The number of likely N-dealkylation sites (N-methyl/N-ethyl adjacent to an activating group) is 1. The van der Waals surface area contributed by atoms with Crippen LogP contribution in [0.1, 0.15) is 13.3 Å². The van der Waals surface area contributed by atoms with Gasteiger partial charge in [0.15, 0.2) is 0 Å². The van der Waals surface area contributed by atoms with E-state index in [1.807, 2.05) is 0 Å². The molecule has 0 saturated carbocycles. The lowest BCUT2D eigenvalue weighted by molar-refractivity contribution is -0.143. The number of rotatable bonds is 5. The van der Waals surface area contributed by atoms with Gasteiger partial charge in [0.05, 0.1) is 0 Å². The van der Waals surface area contributed by atoms with Gasteiger partial charge in [0.1, 0.15) is 6.42 Å². The van der Waals surface area contributed by atoms with Crippen LogP contribution in [0.15, 0.2) is 12.7 Å². The predicted molar refractivity (Wildman–Crippen MR) is 44.7 cm³/mol. The highest BCUT2D eigenvalue weighted by atomic mass is 16.4. The molecule has 0 aromatic heterocycles. The predicted octanol–water partition coefficient (Wildman–Crippen LogP) is 0.496. The van der Waals surface area contributed by atoms with Crippen molar-refractivity contribution in [3.05, 3.63) is 12.7 Å². The minimum atomic E-state index is -1.09. The maximum Gasteiger partial charge on any atom is 0.312 e. The van der Waals surface area contributed by atoms with E-state index in [9.17, 15) is 9.59 Å². The molecule has 0 spiro atoms. The van der Waals surface area contributed by atoms with E-state index in [4.69, 9.17) is 5.11 Å². The van der Waals surface area contributed by atoms with Crippen molar-refractivity contribution < 1.29 is 14.7 Å². The Balaban J connectivity index is 4.02. The summed E-state index contributed by atoms with van der Waals surface area (Å²) in [4.78, 5) is 22.7. The minimum absolute atomic E-state index is 0.370. The summed E-state index contributed by atoms with van der Waals surface area (Å²) in [5.41, 5.74) is 0. The molecule has 0 heterocycles. The van der Waals surface area contributed by atoms with Gasteiger partial charge in [-0.2, -0.15) is 0 Å². The average Bonchev–Trinajstić information content (AvgIpc) is 1.98. The Morgan fingerprint density at radius 3 is 2.50 bits per heavy atom. The number of hydrogen-bond acceptors (Lipinski definition) is 2. The molecule has 0 aliphatic rings. The second-order valence-electron chi connectivity index (χ2n) is 2.29. The molecule has 4 nitrogen and oxygen atoms in total. The quantitative estimate of drug-likeness (QED) is 0.484. The van der Waals surface area contributed by atoms with E-state index < -0.39 is 12.4 Å². The van der Waals surface area contributed by atoms with E-state index >= 15 is 0 Å². The summed E-state index contributed by atoms with van der Waals surface area (Å²) < 4.78 is 0. The van der Waals surface area contributed by atoms with E-state index in [0.29, 0.717) is 13.1 Å². The summed E-state index contributed by atoms with van der Waals surface area (Å²) >= 11 is 0. The minimum Gasteiger partial charge on any atom is -0.481 e. The third-order valence-corrected chi connectivity index (χ3v) is 1.39. The standard InChI is InChI=1S/C8H13NO3/c1-3-5-9(4-2)7(10)6-8(11)12/h3H,1,4-6H2,2H3,(H,11,12). The SMILES string of the molecule is C=CCN(CC)C(=O)CC(=O)O.